The van der Waals surface area contributed by atoms with Gasteiger partial charge in [0.15, 0.2) is 0 Å². The maximum absolute atomic E-state index is 12.5. The molecule has 1 aromatic rings. The lowest BCUT2D eigenvalue weighted by Crippen LogP contribution is -2.46. The quantitative estimate of drug-likeness (QED) is 0.856. The van der Waals surface area contributed by atoms with Crippen LogP contribution in [0, 0.1) is 0 Å². The third-order valence-corrected chi connectivity index (χ3v) is 6.05. The minimum atomic E-state index is -3.42. The fourth-order valence-electron chi connectivity index (χ4n) is 2.81. The number of aliphatic hydroxyl groups is 1. The second kappa shape index (κ2) is 6.87. The first-order chi connectivity index (χ1) is 9.94. The van der Waals surface area contributed by atoms with Gasteiger partial charge in [-0.25, -0.2) is 8.42 Å². The molecule has 0 aliphatic heterocycles. The van der Waals surface area contributed by atoms with Gasteiger partial charge in [-0.15, -0.1) is 0 Å². The molecule has 2 rings (SSSR count). The number of benzene rings is 1. The summed E-state index contributed by atoms with van der Waals surface area (Å²) in [4.78, 5) is 0. The van der Waals surface area contributed by atoms with Gasteiger partial charge in [-0.2, -0.15) is 4.31 Å². The van der Waals surface area contributed by atoms with Crippen molar-refractivity contribution in [2.75, 3.05) is 7.05 Å². The van der Waals surface area contributed by atoms with Crippen molar-refractivity contribution in [3.05, 3.63) is 35.4 Å². The van der Waals surface area contributed by atoms with Gasteiger partial charge in [-0.05, 0) is 24.0 Å². The number of aliphatic hydroxyl groups excluding tert-OH is 1. The van der Waals surface area contributed by atoms with E-state index in [1.165, 1.54) is 4.31 Å². The largest absolute Gasteiger partial charge is 0.391 e. The molecule has 21 heavy (non-hydrogen) atoms. The van der Waals surface area contributed by atoms with Crippen molar-refractivity contribution >= 4 is 10.0 Å². The van der Waals surface area contributed by atoms with Crippen LogP contribution in [0.2, 0.25) is 0 Å². The minimum Gasteiger partial charge on any atom is -0.391 e. The summed E-state index contributed by atoms with van der Waals surface area (Å²) in [7, 11) is -1.85. The van der Waals surface area contributed by atoms with Gasteiger partial charge in [0.2, 0.25) is 10.0 Å². The molecule has 0 heterocycles. The van der Waals surface area contributed by atoms with E-state index in [-0.39, 0.29) is 11.8 Å². The van der Waals surface area contributed by atoms with E-state index in [1.807, 2.05) is 12.1 Å². The molecule has 0 aromatic heterocycles. The number of hydrogen-bond donors (Lipinski definition) is 2. The van der Waals surface area contributed by atoms with Crippen LogP contribution in [0.5, 0.6) is 0 Å². The van der Waals surface area contributed by atoms with Gasteiger partial charge in [0, 0.05) is 13.6 Å². The highest BCUT2D eigenvalue weighted by molar-refractivity contribution is 7.88. The number of nitrogens with two attached hydrogens (primary N) is 1. The number of rotatable bonds is 5. The molecule has 1 fully saturated rings. The van der Waals surface area contributed by atoms with E-state index >= 15 is 0 Å². The Kier molecular flexibility index (Phi) is 5.37. The summed E-state index contributed by atoms with van der Waals surface area (Å²) in [6, 6.07) is 6.99. The van der Waals surface area contributed by atoms with Gasteiger partial charge in [0.25, 0.3) is 0 Å². The first-order valence-electron chi connectivity index (χ1n) is 7.35. The van der Waals surface area contributed by atoms with Gasteiger partial charge >= 0.3 is 0 Å². The van der Waals surface area contributed by atoms with Crippen LogP contribution in [-0.4, -0.2) is 37.0 Å². The summed E-state index contributed by atoms with van der Waals surface area (Å²) < 4.78 is 26.3. The predicted octanol–water partition coefficient (Wildman–Crippen LogP) is 1.21. The highest BCUT2D eigenvalue weighted by atomic mass is 32.2. The Bertz CT molecular complexity index is 557. The zero-order valence-corrected chi connectivity index (χ0v) is 13.2. The maximum Gasteiger partial charge on any atom is 0.218 e. The zero-order chi connectivity index (χ0) is 15.5. The highest BCUT2D eigenvalue weighted by Crippen LogP contribution is 2.25. The van der Waals surface area contributed by atoms with Crippen LogP contribution in [0.25, 0.3) is 0 Å². The molecule has 1 aromatic carbocycles. The van der Waals surface area contributed by atoms with E-state index < -0.39 is 16.1 Å². The molecule has 3 N–H and O–H groups in total. The Morgan fingerprint density at radius 3 is 2.33 bits per heavy atom. The average molecular weight is 312 g/mol. The van der Waals surface area contributed by atoms with Crippen molar-refractivity contribution < 1.29 is 13.5 Å². The highest BCUT2D eigenvalue weighted by Gasteiger charge is 2.33. The molecule has 0 saturated heterocycles. The van der Waals surface area contributed by atoms with Crippen molar-refractivity contribution in [2.45, 2.75) is 50.1 Å². The molecule has 0 amide bonds. The van der Waals surface area contributed by atoms with Crippen molar-refractivity contribution in [3.8, 4) is 0 Å². The van der Waals surface area contributed by atoms with Gasteiger partial charge in [0.1, 0.15) is 0 Å². The first-order valence-corrected chi connectivity index (χ1v) is 8.96. The van der Waals surface area contributed by atoms with Crippen LogP contribution in [0.4, 0.5) is 0 Å². The van der Waals surface area contributed by atoms with Gasteiger partial charge in [-0.1, -0.05) is 37.1 Å². The molecular formula is C15H24N2O3S. The third kappa shape index (κ3) is 4.03. The van der Waals surface area contributed by atoms with E-state index in [0.29, 0.717) is 13.0 Å². The normalized spacial score (nSPS) is 23.4. The molecule has 118 valence electrons. The smallest absolute Gasteiger partial charge is 0.218 e. The second-order valence-corrected chi connectivity index (χ2v) is 7.74. The lowest BCUT2D eigenvalue weighted by molar-refractivity contribution is 0.0637. The topological polar surface area (TPSA) is 83.6 Å². The Morgan fingerprint density at radius 1 is 1.19 bits per heavy atom. The molecule has 5 nitrogen and oxygen atoms in total. The predicted molar refractivity (Wildman–Crippen MR) is 83.0 cm³/mol. The Morgan fingerprint density at radius 2 is 1.76 bits per heavy atom. The van der Waals surface area contributed by atoms with Crippen molar-refractivity contribution in [2.24, 2.45) is 5.73 Å². The molecule has 6 heteroatoms. The second-order valence-electron chi connectivity index (χ2n) is 5.71. The summed E-state index contributed by atoms with van der Waals surface area (Å²) in [6.07, 6.45) is 2.77. The van der Waals surface area contributed by atoms with E-state index in [1.54, 1.807) is 19.2 Å². The molecule has 1 saturated carbocycles. The molecule has 2 atom stereocenters. The Labute approximate surface area is 126 Å². The number of hydrogen-bond acceptors (Lipinski definition) is 4. The third-order valence-electron chi connectivity index (χ3n) is 4.21. The number of nitrogens with zero attached hydrogens (tertiary/aromatic N) is 1. The van der Waals surface area contributed by atoms with Crippen LogP contribution in [0.1, 0.15) is 36.8 Å². The molecular weight excluding hydrogens is 288 g/mol. The number of likely N-dealkylation sites (N-methyl/N-ethyl adjacent to an activating group) is 1. The van der Waals surface area contributed by atoms with Gasteiger partial charge in [-0.3, -0.25) is 0 Å². The Hall–Kier alpha value is -0.950. The molecule has 0 radical (unpaired) electrons. The molecule has 1 aliphatic carbocycles. The summed E-state index contributed by atoms with van der Waals surface area (Å²) in [5.41, 5.74) is 7.25. The maximum atomic E-state index is 12.5. The van der Waals surface area contributed by atoms with E-state index in [0.717, 1.165) is 30.4 Å². The van der Waals surface area contributed by atoms with Crippen LogP contribution in [-0.2, 0) is 22.3 Å². The van der Waals surface area contributed by atoms with Crippen LogP contribution in [0.3, 0.4) is 0 Å². The van der Waals surface area contributed by atoms with Crippen LogP contribution < -0.4 is 5.73 Å². The first kappa shape index (κ1) is 16.4. The number of sulfonamides is 1. The fraction of sp³-hybridized carbons (Fsp3) is 0.600. The molecule has 2 unspecified atom stereocenters. The van der Waals surface area contributed by atoms with Crippen molar-refractivity contribution in [1.82, 2.24) is 4.31 Å². The molecule has 0 spiro atoms. The standard InChI is InChI=1S/C15H24N2O3S/c1-17(14-4-2-3-5-15(14)18)21(19,20)11-13-8-6-12(10-16)7-9-13/h6-9,14-15,18H,2-5,10-11,16H2,1H3. The average Bonchev–Trinajstić information content (AvgIpc) is 2.47. The fourth-order valence-corrected chi connectivity index (χ4v) is 4.28. The van der Waals surface area contributed by atoms with Crippen LogP contribution in [0.15, 0.2) is 24.3 Å². The van der Waals surface area contributed by atoms with Gasteiger partial charge in [0.05, 0.1) is 17.9 Å². The molecule has 0 bridgehead atoms. The van der Waals surface area contributed by atoms with E-state index in [9.17, 15) is 13.5 Å². The lowest BCUT2D eigenvalue weighted by Gasteiger charge is -2.34. The monoisotopic (exact) mass is 312 g/mol. The van der Waals surface area contributed by atoms with Crippen molar-refractivity contribution in [1.29, 1.82) is 0 Å². The minimum absolute atomic E-state index is 0.0441. The van der Waals surface area contributed by atoms with E-state index in [4.69, 9.17) is 5.73 Å². The summed E-state index contributed by atoms with van der Waals surface area (Å²) in [5, 5.41) is 10.0. The summed E-state index contributed by atoms with van der Waals surface area (Å²) >= 11 is 0. The summed E-state index contributed by atoms with van der Waals surface area (Å²) in [5.74, 6) is -0.0441. The van der Waals surface area contributed by atoms with Crippen LogP contribution >= 0.6 is 0 Å². The Balaban J connectivity index is 2.09. The van der Waals surface area contributed by atoms with E-state index in [2.05, 4.69) is 0 Å². The van der Waals surface area contributed by atoms with Gasteiger partial charge < -0.3 is 10.8 Å². The van der Waals surface area contributed by atoms with Crippen molar-refractivity contribution in [3.63, 3.8) is 0 Å². The molecule has 1 aliphatic rings. The lowest BCUT2D eigenvalue weighted by atomic mass is 9.93. The summed E-state index contributed by atoms with van der Waals surface area (Å²) in [6.45, 7) is 0.446. The SMILES string of the molecule is CN(C1CCCCC1O)S(=O)(=O)Cc1ccc(CN)cc1. The zero-order valence-electron chi connectivity index (χ0n) is 12.4.